The van der Waals surface area contributed by atoms with Crippen molar-refractivity contribution in [2.75, 3.05) is 7.11 Å². The van der Waals surface area contributed by atoms with E-state index in [1.807, 2.05) is 13.8 Å². The molecule has 1 aromatic carbocycles. The molecule has 0 aromatic heterocycles. The lowest BCUT2D eigenvalue weighted by atomic mass is 9.94. The number of rotatable bonds is 0. The molecular weight excluding hydrogens is 224 g/mol. The van der Waals surface area contributed by atoms with Gasteiger partial charge in [0, 0.05) is 18.9 Å². The van der Waals surface area contributed by atoms with E-state index in [2.05, 4.69) is 24.3 Å². The fourth-order valence-electron chi connectivity index (χ4n) is 2.91. The number of carbonyl (C=O) groups is 1. The molecule has 2 aliphatic rings. The maximum atomic E-state index is 11.9. The molecule has 1 aromatic rings. The number of carbonyl (C=O) groups excluding carboxylic acids is 1. The summed E-state index contributed by atoms with van der Waals surface area (Å²) in [5.41, 5.74) is 2.82. The molecular formula is C16H24O2. The Kier molecular flexibility index (Phi) is 6.06. The monoisotopic (exact) mass is 248 g/mol. The first-order chi connectivity index (χ1) is 8.84. The summed E-state index contributed by atoms with van der Waals surface area (Å²) in [7, 11) is 1.00. The Morgan fingerprint density at radius 3 is 1.72 bits per heavy atom. The maximum Gasteiger partial charge on any atom is 0.139 e. The summed E-state index contributed by atoms with van der Waals surface area (Å²) >= 11 is 0. The van der Waals surface area contributed by atoms with E-state index in [9.17, 15) is 4.79 Å². The Bertz CT molecular complexity index is 349. The van der Waals surface area contributed by atoms with Crippen LogP contribution in [0.15, 0.2) is 24.3 Å². The SMILES string of the molecule is CC.CO.O=C1C2CC[C@@H]1Cc1ccccc1C2. The predicted molar refractivity (Wildman–Crippen MR) is 74.6 cm³/mol. The molecule has 2 bridgehead atoms. The molecule has 0 radical (unpaired) electrons. The Labute approximate surface area is 110 Å². The van der Waals surface area contributed by atoms with Gasteiger partial charge in [-0.25, -0.2) is 0 Å². The van der Waals surface area contributed by atoms with Gasteiger partial charge in [0.25, 0.3) is 0 Å². The van der Waals surface area contributed by atoms with Gasteiger partial charge in [-0.15, -0.1) is 0 Å². The zero-order valence-electron chi connectivity index (χ0n) is 11.6. The molecule has 1 saturated carbocycles. The van der Waals surface area contributed by atoms with Crippen LogP contribution in [0.5, 0.6) is 0 Å². The minimum absolute atomic E-state index is 0.337. The van der Waals surface area contributed by atoms with Crippen LogP contribution in [0.3, 0.4) is 0 Å². The third kappa shape index (κ3) is 2.99. The maximum absolute atomic E-state index is 11.9. The molecule has 1 fully saturated rings. The van der Waals surface area contributed by atoms with Gasteiger partial charge in [0.15, 0.2) is 0 Å². The topological polar surface area (TPSA) is 37.3 Å². The third-order valence-corrected chi connectivity index (χ3v) is 3.72. The second-order valence-corrected chi connectivity index (χ2v) is 4.55. The van der Waals surface area contributed by atoms with Crippen LogP contribution >= 0.6 is 0 Å². The van der Waals surface area contributed by atoms with Crippen molar-refractivity contribution >= 4 is 5.78 Å². The molecule has 0 heterocycles. The molecule has 3 rings (SSSR count). The van der Waals surface area contributed by atoms with Gasteiger partial charge < -0.3 is 5.11 Å². The van der Waals surface area contributed by atoms with Crippen molar-refractivity contribution in [3.05, 3.63) is 35.4 Å². The molecule has 18 heavy (non-hydrogen) atoms. The van der Waals surface area contributed by atoms with Crippen molar-refractivity contribution in [1.82, 2.24) is 0 Å². The number of benzene rings is 1. The Morgan fingerprint density at radius 1 is 0.944 bits per heavy atom. The fraction of sp³-hybridized carbons (Fsp3) is 0.562. The largest absolute Gasteiger partial charge is 0.400 e. The van der Waals surface area contributed by atoms with Gasteiger partial charge in [0.1, 0.15) is 5.78 Å². The molecule has 0 saturated heterocycles. The van der Waals surface area contributed by atoms with Crippen LogP contribution in [-0.4, -0.2) is 18.0 Å². The second kappa shape index (κ2) is 7.32. The molecule has 2 heteroatoms. The van der Waals surface area contributed by atoms with Gasteiger partial charge in [-0.05, 0) is 36.8 Å². The molecule has 1 unspecified atom stereocenters. The molecule has 2 aliphatic carbocycles. The van der Waals surface area contributed by atoms with E-state index in [-0.39, 0.29) is 0 Å². The summed E-state index contributed by atoms with van der Waals surface area (Å²) in [4.78, 5) is 11.9. The standard InChI is InChI=1S/C13H14O.C2H6.CH4O/c14-13-11-5-6-12(13)8-10-4-2-1-3-9(10)7-11;2*1-2/h1-4,11-12H,5-8H2;1-2H3;2H,1H3/t11-,12?;;/m1../s1. The predicted octanol–water partition coefficient (Wildman–Crippen LogP) is 3.02. The second-order valence-electron chi connectivity index (χ2n) is 4.55. The summed E-state index contributed by atoms with van der Waals surface area (Å²) in [5, 5.41) is 7.00. The minimum atomic E-state index is 0.337. The zero-order chi connectivity index (χ0) is 13.5. The molecule has 100 valence electrons. The minimum Gasteiger partial charge on any atom is -0.400 e. The highest BCUT2D eigenvalue weighted by Gasteiger charge is 2.36. The van der Waals surface area contributed by atoms with E-state index in [1.165, 1.54) is 11.1 Å². The van der Waals surface area contributed by atoms with Crippen molar-refractivity contribution in [3.8, 4) is 0 Å². The summed E-state index contributed by atoms with van der Waals surface area (Å²) in [6, 6.07) is 8.54. The smallest absolute Gasteiger partial charge is 0.139 e. The van der Waals surface area contributed by atoms with Gasteiger partial charge in [-0.2, -0.15) is 0 Å². The Hall–Kier alpha value is -1.15. The molecule has 0 aliphatic heterocycles. The number of hydrogen-bond donors (Lipinski definition) is 1. The highest BCUT2D eigenvalue weighted by atomic mass is 16.2. The van der Waals surface area contributed by atoms with Crippen LogP contribution in [0.4, 0.5) is 0 Å². The summed E-state index contributed by atoms with van der Waals surface area (Å²) in [5.74, 6) is 1.20. The van der Waals surface area contributed by atoms with Crippen molar-refractivity contribution in [2.24, 2.45) is 11.8 Å². The third-order valence-electron chi connectivity index (χ3n) is 3.72. The lowest BCUT2D eigenvalue weighted by Crippen LogP contribution is -2.13. The average Bonchev–Trinajstić information content (AvgIpc) is 2.69. The van der Waals surface area contributed by atoms with Crippen molar-refractivity contribution in [1.29, 1.82) is 0 Å². The number of hydrogen-bond acceptors (Lipinski definition) is 2. The number of Topliss-reactive ketones (excluding diaryl/α,β-unsaturated/α-hetero) is 1. The van der Waals surface area contributed by atoms with Gasteiger partial charge in [0.05, 0.1) is 0 Å². The summed E-state index contributed by atoms with van der Waals surface area (Å²) < 4.78 is 0. The zero-order valence-corrected chi connectivity index (χ0v) is 11.6. The number of ketones is 1. The molecule has 2 nitrogen and oxygen atoms in total. The fourth-order valence-corrected chi connectivity index (χ4v) is 2.91. The van der Waals surface area contributed by atoms with Crippen molar-refractivity contribution in [2.45, 2.75) is 39.5 Å². The van der Waals surface area contributed by atoms with Crippen LogP contribution in [0, 0.1) is 11.8 Å². The van der Waals surface area contributed by atoms with Crippen LogP contribution < -0.4 is 0 Å². The number of aliphatic hydroxyl groups excluding tert-OH is 1. The van der Waals surface area contributed by atoms with E-state index in [0.717, 1.165) is 32.8 Å². The molecule has 1 N–H and O–H groups in total. The van der Waals surface area contributed by atoms with E-state index in [4.69, 9.17) is 5.11 Å². The number of aliphatic hydroxyl groups is 1. The molecule has 2 atom stereocenters. The molecule has 0 spiro atoms. The highest BCUT2D eigenvalue weighted by Crippen LogP contribution is 2.36. The van der Waals surface area contributed by atoms with E-state index in [0.29, 0.717) is 17.6 Å². The first-order valence-electron chi connectivity index (χ1n) is 6.90. The number of fused-ring (bicyclic) bond motifs is 3. The van der Waals surface area contributed by atoms with Crippen LogP contribution in [-0.2, 0) is 17.6 Å². The van der Waals surface area contributed by atoms with Crippen LogP contribution in [0.2, 0.25) is 0 Å². The first kappa shape index (κ1) is 14.9. The van der Waals surface area contributed by atoms with Crippen molar-refractivity contribution in [3.63, 3.8) is 0 Å². The van der Waals surface area contributed by atoms with Gasteiger partial charge >= 0.3 is 0 Å². The lowest BCUT2D eigenvalue weighted by molar-refractivity contribution is -0.123. The van der Waals surface area contributed by atoms with E-state index in [1.54, 1.807) is 0 Å². The summed E-state index contributed by atoms with van der Waals surface area (Å²) in [6.45, 7) is 4.00. The molecule has 0 amide bonds. The first-order valence-corrected chi connectivity index (χ1v) is 6.90. The Balaban J connectivity index is 0.000000371. The van der Waals surface area contributed by atoms with Crippen molar-refractivity contribution < 1.29 is 9.90 Å². The van der Waals surface area contributed by atoms with E-state index < -0.39 is 0 Å². The van der Waals surface area contributed by atoms with Gasteiger partial charge in [-0.3, -0.25) is 4.79 Å². The van der Waals surface area contributed by atoms with Gasteiger partial charge in [0.2, 0.25) is 0 Å². The lowest BCUT2D eigenvalue weighted by Gasteiger charge is -2.10. The van der Waals surface area contributed by atoms with Crippen LogP contribution in [0.25, 0.3) is 0 Å². The van der Waals surface area contributed by atoms with Crippen LogP contribution in [0.1, 0.15) is 37.8 Å². The van der Waals surface area contributed by atoms with Gasteiger partial charge in [-0.1, -0.05) is 38.1 Å². The summed E-state index contributed by atoms with van der Waals surface area (Å²) in [6.07, 6.45) is 4.23. The Morgan fingerprint density at radius 2 is 1.33 bits per heavy atom. The average molecular weight is 248 g/mol. The van der Waals surface area contributed by atoms with E-state index >= 15 is 0 Å². The quantitative estimate of drug-likeness (QED) is 0.766. The highest BCUT2D eigenvalue weighted by molar-refractivity contribution is 5.86. The normalized spacial score (nSPS) is 23.9.